The summed E-state index contributed by atoms with van der Waals surface area (Å²) in [6, 6.07) is 10.7. The maximum Gasteiger partial charge on any atom is 0.257 e. The van der Waals surface area contributed by atoms with Crippen molar-refractivity contribution in [2.45, 2.75) is 32.6 Å². The van der Waals surface area contributed by atoms with Crippen molar-refractivity contribution in [3.8, 4) is 0 Å². The zero-order valence-corrected chi connectivity index (χ0v) is 15.7. The molecule has 6 heteroatoms. The first-order chi connectivity index (χ1) is 13.1. The highest BCUT2D eigenvalue weighted by atomic mass is 16.2. The van der Waals surface area contributed by atoms with Gasteiger partial charge in [-0.2, -0.15) is 0 Å². The van der Waals surface area contributed by atoms with Gasteiger partial charge in [0.25, 0.3) is 5.91 Å². The van der Waals surface area contributed by atoms with Gasteiger partial charge in [0.1, 0.15) is 0 Å². The van der Waals surface area contributed by atoms with Gasteiger partial charge >= 0.3 is 0 Å². The lowest BCUT2D eigenvalue weighted by Gasteiger charge is -2.19. The van der Waals surface area contributed by atoms with Gasteiger partial charge < -0.3 is 10.6 Å². The van der Waals surface area contributed by atoms with Crippen molar-refractivity contribution in [1.82, 2.24) is 9.88 Å². The van der Waals surface area contributed by atoms with Crippen LogP contribution in [0, 0.1) is 6.92 Å². The Labute approximate surface area is 160 Å². The third-order valence-corrected chi connectivity index (χ3v) is 4.64. The lowest BCUT2D eigenvalue weighted by Crippen LogP contribution is -2.33. The summed E-state index contributed by atoms with van der Waals surface area (Å²) < 4.78 is 0. The molecule has 0 unspecified atom stereocenters. The smallest absolute Gasteiger partial charge is 0.257 e. The summed E-state index contributed by atoms with van der Waals surface area (Å²) in [5, 5.41) is 5.77. The van der Waals surface area contributed by atoms with Crippen LogP contribution in [0.2, 0.25) is 0 Å². The van der Waals surface area contributed by atoms with Crippen LogP contribution in [0.25, 0.3) is 0 Å². The number of pyridine rings is 1. The highest BCUT2D eigenvalue weighted by Gasteiger charge is 2.13. The third kappa shape index (κ3) is 5.89. The molecule has 0 bridgehead atoms. The molecule has 142 valence electrons. The van der Waals surface area contributed by atoms with Crippen LogP contribution in [-0.4, -0.2) is 41.3 Å². The van der Waals surface area contributed by atoms with Gasteiger partial charge in [-0.25, -0.2) is 0 Å². The molecule has 0 saturated carbocycles. The van der Waals surface area contributed by atoms with E-state index in [2.05, 4.69) is 20.5 Å². The van der Waals surface area contributed by atoms with E-state index >= 15 is 0 Å². The van der Waals surface area contributed by atoms with E-state index in [1.165, 1.54) is 12.8 Å². The molecule has 1 aliphatic rings. The van der Waals surface area contributed by atoms with Gasteiger partial charge in [-0.3, -0.25) is 19.5 Å². The Morgan fingerprint density at radius 1 is 1.00 bits per heavy atom. The minimum Gasteiger partial charge on any atom is -0.325 e. The molecular weight excluding hydrogens is 340 g/mol. The molecular formula is C21H26N4O2. The molecule has 1 aliphatic heterocycles. The number of carbonyl (C=O) groups is 2. The summed E-state index contributed by atoms with van der Waals surface area (Å²) in [6.07, 6.45) is 6.36. The van der Waals surface area contributed by atoms with E-state index in [0.29, 0.717) is 23.5 Å². The summed E-state index contributed by atoms with van der Waals surface area (Å²) >= 11 is 0. The Morgan fingerprint density at radius 3 is 2.37 bits per heavy atom. The van der Waals surface area contributed by atoms with Crippen molar-refractivity contribution in [2.24, 2.45) is 0 Å². The van der Waals surface area contributed by atoms with Crippen molar-refractivity contribution in [1.29, 1.82) is 0 Å². The van der Waals surface area contributed by atoms with Crippen LogP contribution >= 0.6 is 0 Å². The Morgan fingerprint density at radius 2 is 1.70 bits per heavy atom. The molecule has 27 heavy (non-hydrogen) atoms. The molecule has 0 spiro atoms. The first-order valence-corrected chi connectivity index (χ1v) is 9.46. The van der Waals surface area contributed by atoms with Crippen molar-refractivity contribution < 1.29 is 9.59 Å². The number of aryl methyl sites for hydroxylation is 1. The molecule has 3 rings (SSSR count). The maximum atomic E-state index is 12.3. The number of nitrogens with zero attached hydrogens (tertiary/aromatic N) is 2. The molecule has 1 saturated heterocycles. The van der Waals surface area contributed by atoms with Crippen molar-refractivity contribution in [3.05, 3.63) is 53.9 Å². The summed E-state index contributed by atoms with van der Waals surface area (Å²) in [6.45, 7) is 4.24. The van der Waals surface area contributed by atoms with Gasteiger partial charge in [-0.15, -0.1) is 0 Å². The molecule has 1 fully saturated rings. The van der Waals surface area contributed by atoms with E-state index < -0.39 is 0 Å². The van der Waals surface area contributed by atoms with Gasteiger partial charge in [-0.05, 0) is 63.2 Å². The number of likely N-dealkylation sites (tertiary alicyclic amines) is 1. The summed E-state index contributed by atoms with van der Waals surface area (Å²) in [7, 11) is 0. The Balaban J connectivity index is 1.57. The molecule has 0 atom stereocenters. The van der Waals surface area contributed by atoms with Gasteiger partial charge in [-0.1, -0.05) is 18.9 Å². The van der Waals surface area contributed by atoms with E-state index in [1.54, 1.807) is 30.5 Å². The quantitative estimate of drug-likeness (QED) is 0.850. The number of nitrogens with one attached hydrogen (secondary N) is 2. The van der Waals surface area contributed by atoms with E-state index in [4.69, 9.17) is 0 Å². The van der Waals surface area contributed by atoms with Crippen LogP contribution in [-0.2, 0) is 4.79 Å². The average molecular weight is 366 g/mol. The molecule has 1 aromatic heterocycles. The van der Waals surface area contributed by atoms with Crippen LogP contribution in [0.4, 0.5) is 11.4 Å². The predicted molar refractivity (Wildman–Crippen MR) is 107 cm³/mol. The number of hydrogen-bond donors (Lipinski definition) is 2. The van der Waals surface area contributed by atoms with E-state index in [1.807, 2.05) is 19.1 Å². The monoisotopic (exact) mass is 366 g/mol. The number of amides is 2. The van der Waals surface area contributed by atoms with Crippen LogP contribution < -0.4 is 10.6 Å². The topological polar surface area (TPSA) is 74.3 Å². The highest BCUT2D eigenvalue weighted by Crippen LogP contribution is 2.17. The fourth-order valence-electron chi connectivity index (χ4n) is 3.18. The molecule has 1 aromatic carbocycles. The van der Waals surface area contributed by atoms with E-state index in [9.17, 15) is 9.59 Å². The number of rotatable bonds is 5. The molecule has 6 nitrogen and oxygen atoms in total. The second-order valence-electron chi connectivity index (χ2n) is 6.96. The van der Waals surface area contributed by atoms with Crippen molar-refractivity contribution in [3.63, 3.8) is 0 Å². The Bertz CT molecular complexity index is 781. The summed E-state index contributed by atoms with van der Waals surface area (Å²) in [5.41, 5.74) is 2.67. The lowest BCUT2D eigenvalue weighted by molar-refractivity contribution is -0.117. The molecule has 0 aliphatic carbocycles. The number of carbonyl (C=O) groups excluding carboxylic acids is 2. The first kappa shape index (κ1) is 19.0. The largest absolute Gasteiger partial charge is 0.325 e. The second kappa shape index (κ2) is 9.28. The zero-order valence-electron chi connectivity index (χ0n) is 15.7. The maximum absolute atomic E-state index is 12.3. The normalized spacial score (nSPS) is 15.0. The standard InChI is InChI=1S/C21H26N4O2/c1-16-9-10-17(14-22-16)21(27)24-19-8-6-7-18(13-19)23-20(26)15-25-11-4-2-3-5-12-25/h6-10,13-14H,2-5,11-12,15H2,1H3,(H,23,26)(H,24,27). The number of anilines is 2. The number of hydrogen-bond acceptors (Lipinski definition) is 4. The van der Waals surface area contributed by atoms with Crippen LogP contribution in [0.15, 0.2) is 42.6 Å². The van der Waals surface area contributed by atoms with Crippen LogP contribution in [0.3, 0.4) is 0 Å². The second-order valence-corrected chi connectivity index (χ2v) is 6.96. The van der Waals surface area contributed by atoms with Gasteiger partial charge in [0.2, 0.25) is 5.91 Å². The molecule has 2 heterocycles. The fraction of sp³-hybridized carbons (Fsp3) is 0.381. The van der Waals surface area contributed by atoms with E-state index in [0.717, 1.165) is 31.6 Å². The average Bonchev–Trinajstić information content (AvgIpc) is 2.91. The molecule has 2 N–H and O–H groups in total. The van der Waals surface area contributed by atoms with Crippen LogP contribution in [0.5, 0.6) is 0 Å². The molecule has 2 amide bonds. The number of aromatic nitrogens is 1. The summed E-state index contributed by atoms with van der Waals surface area (Å²) in [5.74, 6) is -0.251. The van der Waals surface area contributed by atoms with Crippen LogP contribution in [0.1, 0.15) is 41.7 Å². The molecule has 0 radical (unpaired) electrons. The predicted octanol–water partition coefficient (Wildman–Crippen LogP) is 3.46. The van der Waals surface area contributed by atoms with Gasteiger partial charge in [0, 0.05) is 23.3 Å². The molecule has 2 aromatic rings. The minimum absolute atomic E-state index is 0.0249. The fourth-order valence-corrected chi connectivity index (χ4v) is 3.18. The van der Waals surface area contributed by atoms with Gasteiger partial charge in [0.05, 0.1) is 12.1 Å². The van der Waals surface area contributed by atoms with Crippen molar-refractivity contribution >= 4 is 23.2 Å². The van der Waals surface area contributed by atoms with Gasteiger partial charge in [0.15, 0.2) is 0 Å². The first-order valence-electron chi connectivity index (χ1n) is 9.46. The SMILES string of the molecule is Cc1ccc(C(=O)Nc2cccc(NC(=O)CN3CCCCCC3)c2)cn1. The minimum atomic E-state index is -0.226. The summed E-state index contributed by atoms with van der Waals surface area (Å²) in [4.78, 5) is 31.0. The number of benzene rings is 1. The zero-order chi connectivity index (χ0) is 19.1. The Kier molecular flexibility index (Phi) is 6.54. The van der Waals surface area contributed by atoms with E-state index in [-0.39, 0.29) is 11.8 Å². The third-order valence-electron chi connectivity index (χ3n) is 4.64. The van der Waals surface area contributed by atoms with Crippen molar-refractivity contribution in [2.75, 3.05) is 30.3 Å². The Hall–Kier alpha value is -2.73. The lowest BCUT2D eigenvalue weighted by atomic mass is 10.2. The highest BCUT2D eigenvalue weighted by molar-refractivity contribution is 6.04.